The zero-order chi connectivity index (χ0) is 38.2. The first-order chi connectivity index (χ1) is 28.7. The molecule has 0 N–H and O–H groups in total. The molecule has 0 amide bonds. The van der Waals surface area contributed by atoms with Crippen molar-refractivity contribution < 1.29 is 0 Å². The van der Waals surface area contributed by atoms with Crippen LogP contribution >= 0.6 is 11.3 Å². The summed E-state index contributed by atoms with van der Waals surface area (Å²) in [7, 11) is 0. The molecule has 4 heterocycles. The van der Waals surface area contributed by atoms with Crippen molar-refractivity contribution in [3.63, 3.8) is 0 Å². The average molecular weight is 758 g/mol. The fraction of sp³-hybridized carbons (Fsp3) is 0. The molecule has 6 heteroatoms. The summed E-state index contributed by atoms with van der Waals surface area (Å²) in [5.41, 5.74) is 8.12. The molecule has 8 aromatic carbocycles. The summed E-state index contributed by atoms with van der Waals surface area (Å²) < 4.78 is 3.57. The fourth-order valence-electron chi connectivity index (χ4n) is 8.51. The number of hydrogen-bond acceptors (Lipinski definition) is 5. The quantitative estimate of drug-likeness (QED) is 0.175. The van der Waals surface area contributed by atoms with E-state index in [9.17, 15) is 0 Å². The van der Waals surface area contributed by atoms with Crippen LogP contribution in [0.15, 0.2) is 188 Å². The van der Waals surface area contributed by atoms with Crippen molar-refractivity contribution in [1.29, 1.82) is 0 Å². The van der Waals surface area contributed by atoms with E-state index in [0.717, 1.165) is 60.3 Å². The number of para-hydroxylation sites is 2. The first-order valence-corrected chi connectivity index (χ1v) is 20.2. The highest BCUT2D eigenvalue weighted by molar-refractivity contribution is 7.25. The van der Waals surface area contributed by atoms with Crippen LogP contribution in [-0.2, 0) is 0 Å². The maximum absolute atomic E-state index is 5.29. The molecule has 58 heavy (non-hydrogen) atoms. The minimum atomic E-state index is 0.611. The van der Waals surface area contributed by atoms with Gasteiger partial charge in [-0.15, -0.1) is 11.3 Å². The molecule has 0 radical (unpaired) electrons. The molecule has 0 aliphatic heterocycles. The van der Waals surface area contributed by atoms with E-state index >= 15 is 0 Å². The van der Waals surface area contributed by atoms with E-state index in [4.69, 9.17) is 19.9 Å². The SMILES string of the molecule is c1cc(-c2nc(-c3ccc(-c4nc5sc6ccccc6c5c5ccccc45)cc3)nc(-c3ccc4ccccc4c3)n2)cc(-n2c3ccccc3c3ccccc32)c1. The highest BCUT2D eigenvalue weighted by Gasteiger charge is 2.18. The van der Waals surface area contributed by atoms with Crippen LogP contribution < -0.4 is 0 Å². The summed E-state index contributed by atoms with van der Waals surface area (Å²) >= 11 is 1.75. The van der Waals surface area contributed by atoms with Gasteiger partial charge in [-0.1, -0.05) is 152 Å². The molecule has 0 bridgehead atoms. The molecule has 5 nitrogen and oxygen atoms in total. The van der Waals surface area contributed by atoms with Crippen LogP contribution in [-0.4, -0.2) is 24.5 Å². The first-order valence-electron chi connectivity index (χ1n) is 19.4. The molecule has 0 fully saturated rings. The smallest absolute Gasteiger partial charge is 0.164 e. The molecule has 0 aliphatic carbocycles. The molecule has 0 atom stereocenters. The topological polar surface area (TPSA) is 56.5 Å². The Hall–Kier alpha value is -7.54. The number of rotatable bonds is 5. The first kappa shape index (κ1) is 32.7. The molecule has 12 rings (SSSR count). The number of fused-ring (bicyclic) bond motifs is 9. The Labute approximate surface area is 337 Å². The van der Waals surface area contributed by atoms with E-state index in [1.54, 1.807) is 11.3 Å². The van der Waals surface area contributed by atoms with Crippen molar-refractivity contribution in [2.24, 2.45) is 0 Å². The van der Waals surface area contributed by atoms with E-state index < -0.39 is 0 Å². The van der Waals surface area contributed by atoms with Crippen molar-refractivity contribution >= 4 is 75.0 Å². The van der Waals surface area contributed by atoms with Gasteiger partial charge in [-0.2, -0.15) is 0 Å². The number of hydrogen-bond donors (Lipinski definition) is 0. The summed E-state index contributed by atoms with van der Waals surface area (Å²) in [6.07, 6.45) is 0. The third-order valence-corrected chi connectivity index (χ3v) is 12.3. The van der Waals surface area contributed by atoms with Gasteiger partial charge >= 0.3 is 0 Å². The maximum atomic E-state index is 5.29. The minimum Gasteiger partial charge on any atom is -0.309 e. The molecule has 12 aromatic rings. The molecule has 0 unspecified atom stereocenters. The summed E-state index contributed by atoms with van der Waals surface area (Å²) in [6, 6.07) is 66.2. The second kappa shape index (κ2) is 13.0. The van der Waals surface area contributed by atoms with Crippen molar-refractivity contribution in [3.8, 4) is 51.1 Å². The Kier molecular flexibility index (Phi) is 7.33. The van der Waals surface area contributed by atoms with Gasteiger partial charge < -0.3 is 4.57 Å². The lowest BCUT2D eigenvalue weighted by Crippen LogP contribution is -2.01. The number of aromatic nitrogens is 5. The van der Waals surface area contributed by atoms with Gasteiger partial charge in [-0.05, 0) is 52.6 Å². The summed E-state index contributed by atoms with van der Waals surface area (Å²) in [4.78, 5) is 21.8. The molecular formula is C52H31N5S. The lowest BCUT2D eigenvalue weighted by atomic mass is 10.00. The van der Waals surface area contributed by atoms with Gasteiger partial charge in [0.25, 0.3) is 0 Å². The van der Waals surface area contributed by atoms with Crippen LogP contribution in [0.5, 0.6) is 0 Å². The summed E-state index contributed by atoms with van der Waals surface area (Å²) in [6.45, 7) is 0. The molecule has 4 aromatic heterocycles. The Balaban J connectivity index is 1.01. The molecule has 270 valence electrons. The molecule has 0 spiro atoms. The normalized spacial score (nSPS) is 11.8. The van der Waals surface area contributed by atoms with Gasteiger partial charge in [-0.25, -0.2) is 19.9 Å². The largest absolute Gasteiger partial charge is 0.309 e. The van der Waals surface area contributed by atoms with Gasteiger partial charge in [0, 0.05) is 59.6 Å². The van der Waals surface area contributed by atoms with E-state index in [1.807, 2.05) is 0 Å². The number of thiophene rings is 1. The predicted octanol–water partition coefficient (Wildman–Crippen LogP) is 13.7. The fourth-order valence-corrected chi connectivity index (χ4v) is 9.61. The van der Waals surface area contributed by atoms with Gasteiger partial charge in [0.15, 0.2) is 17.5 Å². The van der Waals surface area contributed by atoms with Gasteiger partial charge in [-0.3, -0.25) is 0 Å². The molecule has 0 saturated carbocycles. The summed E-state index contributed by atoms with van der Waals surface area (Å²) in [5, 5.41) is 9.57. The summed E-state index contributed by atoms with van der Waals surface area (Å²) in [5.74, 6) is 1.85. The Morgan fingerprint density at radius 3 is 1.66 bits per heavy atom. The average Bonchev–Trinajstić information content (AvgIpc) is 3.85. The predicted molar refractivity (Wildman–Crippen MR) is 242 cm³/mol. The van der Waals surface area contributed by atoms with Crippen molar-refractivity contribution in [3.05, 3.63) is 188 Å². The Morgan fingerprint density at radius 1 is 0.362 bits per heavy atom. The van der Waals surface area contributed by atoms with E-state index in [1.165, 1.54) is 37.0 Å². The van der Waals surface area contributed by atoms with E-state index in [-0.39, 0.29) is 0 Å². The van der Waals surface area contributed by atoms with Crippen LogP contribution in [0.2, 0.25) is 0 Å². The lowest BCUT2D eigenvalue weighted by Gasteiger charge is -2.12. The van der Waals surface area contributed by atoms with E-state index in [2.05, 4.69) is 193 Å². The standard InChI is InChI=1S/C52H31N5S/c1-2-13-35-30-37(29-24-32(35)12-1)51-55-49(54-50(56-51)36-14-11-15-38(31-36)57-44-21-8-5-16-39(44)40-17-6-9-22-45(40)57)34-27-25-33(26-28-34)48-42-19-4-3-18-41(42)47-43-20-7-10-23-46(43)58-52(47)53-48/h1-31H. The van der Waals surface area contributed by atoms with Crippen LogP contribution in [0.1, 0.15) is 0 Å². The number of benzene rings is 8. The van der Waals surface area contributed by atoms with Crippen molar-refractivity contribution in [2.75, 3.05) is 0 Å². The lowest BCUT2D eigenvalue weighted by molar-refractivity contribution is 1.07. The number of nitrogens with zero attached hydrogens (tertiary/aromatic N) is 5. The zero-order valence-corrected chi connectivity index (χ0v) is 31.9. The molecule has 0 aliphatic rings. The third kappa shape index (κ3) is 5.23. The highest BCUT2D eigenvalue weighted by Crippen LogP contribution is 2.41. The van der Waals surface area contributed by atoms with Gasteiger partial charge in [0.2, 0.25) is 0 Å². The maximum Gasteiger partial charge on any atom is 0.164 e. The van der Waals surface area contributed by atoms with Crippen molar-refractivity contribution in [1.82, 2.24) is 24.5 Å². The highest BCUT2D eigenvalue weighted by atomic mass is 32.1. The Bertz CT molecular complexity index is 3530. The van der Waals surface area contributed by atoms with Gasteiger partial charge in [0.1, 0.15) is 4.83 Å². The molecular weight excluding hydrogens is 727 g/mol. The second-order valence-corrected chi connectivity index (χ2v) is 15.7. The third-order valence-electron chi connectivity index (χ3n) is 11.2. The van der Waals surface area contributed by atoms with Gasteiger partial charge in [0.05, 0.1) is 16.7 Å². The monoisotopic (exact) mass is 757 g/mol. The van der Waals surface area contributed by atoms with Crippen LogP contribution in [0.3, 0.4) is 0 Å². The minimum absolute atomic E-state index is 0.611. The van der Waals surface area contributed by atoms with Crippen molar-refractivity contribution in [2.45, 2.75) is 0 Å². The van der Waals surface area contributed by atoms with Crippen LogP contribution in [0.4, 0.5) is 0 Å². The van der Waals surface area contributed by atoms with Crippen LogP contribution in [0, 0.1) is 0 Å². The second-order valence-electron chi connectivity index (χ2n) is 14.6. The zero-order valence-electron chi connectivity index (χ0n) is 31.0. The Morgan fingerprint density at radius 2 is 0.914 bits per heavy atom. The number of pyridine rings is 1. The van der Waals surface area contributed by atoms with E-state index in [0.29, 0.717) is 17.5 Å². The molecule has 0 saturated heterocycles. The van der Waals surface area contributed by atoms with Crippen LogP contribution in [0.25, 0.3) is 115 Å².